The number of nitrogens with one attached hydrogen (secondary N) is 2. The molecule has 0 bridgehead atoms. The fourth-order valence-electron chi connectivity index (χ4n) is 1.74. The van der Waals surface area contributed by atoms with Crippen molar-refractivity contribution in [2.45, 2.75) is 13.3 Å². The molecule has 1 aromatic carbocycles. The van der Waals surface area contributed by atoms with Gasteiger partial charge < -0.3 is 10.1 Å². The predicted octanol–water partition coefficient (Wildman–Crippen LogP) is 1.97. The topological polar surface area (TPSA) is 111 Å². The molecule has 9 nitrogen and oxygen atoms in total. The summed E-state index contributed by atoms with van der Waals surface area (Å²) in [6.45, 7) is 1.06. The van der Waals surface area contributed by atoms with Crippen LogP contribution in [0.25, 0.3) is 0 Å². The van der Waals surface area contributed by atoms with E-state index in [1.165, 1.54) is 7.05 Å². The number of aromatic nitrogens is 4. The van der Waals surface area contributed by atoms with Gasteiger partial charge in [-0.2, -0.15) is 0 Å². The third-order valence-electron chi connectivity index (χ3n) is 2.72. The standard InChI is InChI=1S/C12H10ClF3N6O3/c1-5(23)17-9-7(25-12(14,15)16)4-3-6(8(9)13)10(24)18-11-19-20-21-22(11)2/h3-4H,1-2H3,(H,17,23)(H,18,19,21,24). The monoisotopic (exact) mass is 378 g/mol. The van der Waals surface area contributed by atoms with Crippen LogP contribution < -0.4 is 15.4 Å². The van der Waals surface area contributed by atoms with E-state index in [1.54, 1.807) is 0 Å². The molecule has 0 aliphatic rings. The highest BCUT2D eigenvalue weighted by molar-refractivity contribution is 6.37. The Morgan fingerprint density at radius 1 is 1.28 bits per heavy atom. The summed E-state index contributed by atoms with van der Waals surface area (Å²) >= 11 is 5.98. The van der Waals surface area contributed by atoms with Crippen LogP contribution in [-0.2, 0) is 11.8 Å². The van der Waals surface area contributed by atoms with Crippen molar-refractivity contribution in [1.82, 2.24) is 20.2 Å². The number of ether oxygens (including phenoxy) is 1. The van der Waals surface area contributed by atoms with Gasteiger partial charge in [-0.05, 0) is 22.6 Å². The molecule has 2 amide bonds. The fraction of sp³-hybridized carbons (Fsp3) is 0.250. The molecular formula is C12H10ClF3N6O3. The Morgan fingerprint density at radius 3 is 2.48 bits per heavy atom. The summed E-state index contributed by atoms with van der Waals surface area (Å²) in [4.78, 5) is 23.5. The highest BCUT2D eigenvalue weighted by Gasteiger charge is 2.33. The third-order valence-corrected chi connectivity index (χ3v) is 3.11. The van der Waals surface area contributed by atoms with Gasteiger partial charge in [-0.1, -0.05) is 16.7 Å². The number of benzene rings is 1. The van der Waals surface area contributed by atoms with Crippen molar-refractivity contribution >= 4 is 35.1 Å². The normalized spacial score (nSPS) is 11.1. The molecule has 134 valence electrons. The molecule has 2 aromatic rings. The highest BCUT2D eigenvalue weighted by Crippen LogP contribution is 2.38. The van der Waals surface area contributed by atoms with E-state index >= 15 is 0 Å². The van der Waals surface area contributed by atoms with Crippen LogP contribution in [0.3, 0.4) is 0 Å². The number of hydrogen-bond donors (Lipinski definition) is 2. The lowest BCUT2D eigenvalue weighted by Crippen LogP contribution is -2.20. The first-order chi connectivity index (χ1) is 11.6. The summed E-state index contributed by atoms with van der Waals surface area (Å²) in [6.07, 6.45) is -5.01. The quantitative estimate of drug-likeness (QED) is 0.841. The van der Waals surface area contributed by atoms with Crippen LogP contribution >= 0.6 is 11.6 Å². The summed E-state index contributed by atoms with van der Waals surface area (Å²) in [5, 5.41) is 14.3. The Morgan fingerprint density at radius 2 is 1.96 bits per heavy atom. The van der Waals surface area contributed by atoms with Crippen LogP contribution in [0.4, 0.5) is 24.8 Å². The molecule has 0 spiro atoms. The smallest absolute Gasteiger partial charge is 0.404 e. The SMILES string of the molecule is CC(=O)Nc1c(OC(F)(F)F)ccc(C(=O)Nc2nnnn2C)c1Cl. The van der Waals surface area contributed by atoms with Crippen molar-refractivity contribution in [3.8, 4) is 5.75 Å². The lowest BCUT2D eigenvalue weighted by atomic mass is 10.1. The van der Waals surface area contributed by atoms with E-state index in [1.807, 2.05) is 0 Å². The molecule has 0 saturated carbocycles. The first-order valence-corrected chi connectivity index (χ1v) is 6.86. The van der Waals surface area contributed by atoms with E-state index in [4.69, 9.17) is 11.6 Å². The molecule has 1 aromatic heterocycles. The zero-order valence-electron chi connectivity index (χ0n) is 12.7. The average molecular weight is 379 g/mol. The summed E-state index contributed by atoms with van der Waals surface area (Å²) in [6, 6.07) is 1.86. The van der Waals surface area contributed by atoms with Gasteiger partial charge in [0.25, 0.3) is 5.91 Å². The molecule has 13 heteroatoms. The summed E-state index contributed by atoms with van der Waals surface area (Å²) < 4.78 is 42.4. The van der Waals surface area contributed by atoms with Gasteiger partial charge >= 0.3 is 6.36 Å². The number of nitrogens with zero attached hydrogens (tertiary/aromatic N) is 4. The maximum Gasteiger partial charge on any atom is 0.573 e. The highest BCUT2D eigenvalue weighted by atomic mass is 35.5. The maximum absolute atomic E-state index is 12.5. The molecule has 2 N–H and O–H groups in total. The van der Waals surface area contributed by atoms with Gasteiger partial charge in [0.2, 0.25) is 11.9 Å². The molecule has 0 unspecified atom stereocenters. The molecule has 0 atom stereocenters. The average Bonchev–Trinajstić information content (AvgIpc) is 2.86. The lowest BCUT2D eigenvalue weighted by molar-refractivity contribution is -0.274. The van der Waals surface area contributed by atoms with Gasteiger partial charge in [0.1, 0.15) is 5.69 Å². The molecular weight excluding hydrogens is 369 g/mol. The van der Waals surface area contributed by atoms with Crippen LogP contribution in [-0.4, -0.2) is 38.4 Å². The number of amides is 2. The van der Waals surface area contributed by atoms with E-state index in [0.717, 1.165) is 23.7 Å². The fourth-order valence-corrected chi connectivity index (χ4v) is 2.03. The molecule has 0 saturated heterocycles. The molecule has 0 fully saturated rings. The van der Waals surface area contributed by atoms with Crippen LogP contribution in [0.15, 0.2) is 12.1 Å². The predicted molar refractivity (Wildman–Crippen MR) is 79.2 cm³/mol. The Balaban J connectivity index is 2.40. The van der Waals surface area contributed by atoms with Gasteiger partial charge in [-0.3, -0.25) is 14.9 Å². The van der Waals surface area contributed by atoms with Crippen LogP contribution in [0.2, 0.25) is 5.02 Å². The van der Waals surface area contributed by atoms with E-state index < -0.39 is 34.6 Å². The number of hydrogen-bond acceptors (Lipinski definition) is 6. The maximum atomic E-state index is 12.5. The second-order valence-corrected chi connectivity index (χ2v) is 4.99. The van der Waals surface area contributed by atoms with Crippen LogP contribution in [0, 0.1) is 0 Å². The minimum Gasteiger partial charge on any atom is -0.404 e. The summed E-state index contributed by atoms with van der Waals surface area (Å²) in [7, 11) is 1.46. The van der Waals surface area contributed by atoms with E-state index in [2.05, 4.69) is 30.9 Å². The number of anilines is 2. The van der Waals surface area contributed by atoms with Gasteiger partial charge in [-0.15, -0.1) is 13.2 Å². The number of aryl methyl sites for hydroxylation is 1. The zero-order valence-corrected chi connectivity index (χ0v) is 13.4. The molecule has 0 aliphatic carbocycles. The van der Waals surface area contributed by atoms with E-state index in [9.17, 15) is 22.8 Å². The first kappa shape index (κ1) is 18.4. The number of alkyl halides is 3. The number of halogens is 4. The molecule has 2 rings (SSSR count). The van der Waals surface area contributed by atoms with Gasteiger partial charge in [-0.25, -0.2) is 4.68 Å². The van der Waals surface area contributed by atoms with Gasteiger partial charge in [0.15, 0.2) is 5.75 Å². The third kappa shape index (κ3) is 4.56. The Labute approximate surface area is 143 Å². The van der Waals surface area contributed by atoms with E-state index in [0.29, 0.717) is 0 Å². The minimum absolute atomic E-state index is 0.0160. The Bertz CT molecular complexity index is 823. The minimum atomic E-state index is -5.01. The largest absolute Gasteiger partial charge is 0.573 e. The van der Waals surface area contributed by atoms with Crippen LogP contribution in [0.1, 0.15) is 17.3 Å². The Hall–Kier alpha value is -2.89. The summed E-state index contributed by atoms with van der Waals surface area (Å²) in [5.74, 6) is -2.28. The molecule has 0 radical (unpaired) electrons. The van der Waals surface area contributed by atoms with Gasteiger partial charge in [0.05, 0.1) is 10.6 Å². The van der Waals surface area contributed by atoms with Gasteiger partial charge in [0, 0.05) is 14.0 Å². The summed E-state index contributed by atoms with van der Waals surface area (Å²) in [5.41, 5.74) is -0.710. The molecule has 0 aliphatic heterocycles. The molecule has 25 heavy (non-hydrogen) atoms. The molecule has 1 heterocycles. The number of tetrazole rings is 1. The zero-order chi connectivity index (χ0) is 18.8. The van der Waals surface area contributed by atoms with Crippen molar-refractivity contribution in [1.29, 1.82) is 0 Å². The van der Waals surface area contributed by atoms with Crippen LogP contribution in [0.5, 0.6) is 5.75 Å². The van der Waals surface area contributed by atoms with Crippen molar-refractivity contribution in [3.05, 3.63) is 22.7 Å². The number of carbonyl (C=O) groups excluding carboxylic acids is 2. The van der Waals surface area contributed by atoms with E-state index in [-0.39, 0.29) is 11.5 Å². The lowest BCUT2D eigenvalue weighted by Gasteiger charge is -2.16. The van der Waals surface area contributed by atoms with Crippen molar-refractivity contribution in [2.24, 2.45) is 7.05 Å². The second-order valence-electron chi connectivity index (χ2n) is 4.61. The Kier molecular flexibility index (Phi) is 5.11. The first-order valence-electron chi connectivity index (χ1n) is 6.48. The van der Waals surface area contributed by atoms with Crippen molar-refractivity contribution in [2.75, 3.05) is 10.6 Å². The number of rotatable bonds is 4. The van der Waals surface area contributed by atoms with Crippen molar-refractivity contribution < 1.29 is 27.5 Å². The second kappa shape index (κ2) is 6.93. The number of carbonyl (C=O) groups is 2. The van der Waals surface area contributed by atoms with Crippen molar-refractivity contribution in [3.63, 3.8) is 0 Å².